The van der Waals surface area contributed by atoms with Gasteiger partial charge >= 0.3 is 0 Å². The Morgan fingerprint density at radius 3 is 1.25 bits per heavy atom. The largest absolute Gasteiger partial charge is 0.309 e. The quantitative estimate of drug-likeness (QED) is 0.144. The minimum atomic E-state index is -3.28. The monoisotopic (exact) mass is 784 g/mol. The Bertz CT molecular complexity index is 3200. The molecule has 3 nitrogen and oxygen atoms in total. The molecule has 0 unspecified atom stereocenters. The van der Waals surface area contributed by atoms with E-state index in [9.17, 15) is 0 Å². The number of hydrogen-bond donors (Lipinski definition) is 0. The fraction of sp³-hybridized carbons (Fsp3) is 0. The molecule has 60 heavy (non-hydrogen) atoms. The molecular weight excluding hydrogens is 748 g/mol. The van der Waals surface area contributed by atoms with Gasteiger partial charge in [0.05, 0.1) is 22.8 Å². The summed E-state index contributed by atoms with van der Waals surface area (Å²) in [7, 11) is -3.28. The summed E-state index contributed by atoms with van der Waals surface area (Å²) in [5.41, 5.74) is 14.1. The molecule has 9 aromatic carbocycles. The van der Waals surface area contributed by atoms with Crippen molar-refractivity contribution in [1.29, 1.82) is 0 Å². The molecule has 11 rings (SSSR count). The van der Waals surface area contributed by atoms with Gasteiger partial charge in [0.1, 0.15) is 0 Å². The Labute approximate surface area is 349 Å². The molecule has 0 N–H and O–H groups in total. The number of rotatable bonds is 8. The topological polar surface area (TPSA) is 42.9 Å². The van der Waals surface area contributed by atoms with Crippen molar-refractivity contribution in [3.05, 3.63) is 224 Å². The average Bonchev–Trinajstić information content (AvgIpc) is 3.66. The normalized spacial score (nSPS) is 11.7. The summed E-state index contributed by atoms with van der Waals surface area (Å²) in [6, 6.07) is 76.9. The van der Waals surface area contributed by atoms with Crippen molar-refractivity contribution in [2.24, 2.45) is 0 Å². The molecule has 4 heteroatoms. The first-order valence-electron chi connectivity index (χ1n) is 20.3. The van der Waals surface area contributed by atoms with Crippen LogP contribution in [0.5, 0.6) is 0 Å². The van der Waals surface area contributed by atoms with Crippen molar-refractivity contribution in [2.45, 2.75) is 0 Å². The molecule has 0 amide bonds. The molecule has 0 spiro atoms. The van der Waals surface area contributed by atoms with Crippen molar-refractivity contribution in [1.82, 2.24) is 9.97 Å². The van der Waals surface area contributed by atoms with E-state index in [1.165, 1.54) is 33.0 Å². The molecule has 10 aromatic rings. The van der Waals surface area contributed by atoms with Gasteiger partial charge in [-0.2, -0.15) is 0 Å². The van der Waals surface area contributed by atoms with Gasteiger partial charge in [0.25, 0.3) is 0 Å². The van der Waals surface area contributed by atoms with E-state index in [0.29, 0.717) is 0 Å². The van der Waals surface area contributed by atoms with E-state index in [2.05, 4.69) is 115 Å². The van der Waals surface area contributed by atoms with Crippen LogP contribution in [-0.2, 0) is 4.57 Å². The van der Waals surface area contributed by atoms with Crippen LogP contribution in [-0.4, -0.2) is 9.97 Å². The summed E-state index contributed by atoms with van der Waals surface area (Å²) >= 11 is 0. The summed E-state index contributed by atoms with van der Waals surface area (Å²) in [6.07, 6.45) is 0. The predicted octanol–water partition coefficient (Wildman–Crippen LogP) is 13.3. The lowest BCUT2D eigenvalue weighted by Crippen LogP contribution is -2.25. The molecule has 1 aliphatic rings. The van der Waals surface area contributed by atoms with Crippen LogP contribution in [0.2, 0.25) is 0 Å². The maximum atomic E-state index is 15.7. The van der Waals surface area contributed by atoms with Crippen LogP contribution < -0.4 is 15.9 Å². The van der Waals surface area contributed by atoms with Crippen molar-refractivity contribution in [2.75, 3.05) is 0 Å². The molecule has 0 bridgehead atoms. The fourth-order valence-corrected chi connectivity index (χ4v) is 11.6. The maximum Gasteiger partial charge on any atom is 0.171 e. The van der Waals surface area contributed by atoms with Crippen LogP contribution in [0.3, 0.4) is 0 Å². The minimum Gasteiger partial charge on any atom is -0.309 e. The third kappa shape index (κ3) is 5.94. The number of hydrogen-bond acceptors (Lipinski definition) is 3. The molecule has 0 radical (unpaired) electrons. The van der Waals surface area contributed by atoms with E-state index in [-0.39, 0.29) is 0 Å². The van der Waals surface area contributed by atoms with Crippen LogP contribution in [0.25, 0.3) is 89.2 Å². The maximum absolute atomic E-state index is 15.7. The first-order chi connectivity index (χ1) is 29.6. The molecule has 0 aliphatic heterocycles. The zero-order chi connectivity index (χ0) is 40.0. The van der Waals surface area contributed by atoms with Gasteiger partial charge in [-0.05, 0) is 56.3 Å². The average molecular weight is 785 g/mol. The second-order valence-corrected chi connectivity index (χ2v) is 18.0. The van der Waals surface area contributed by atoms with Crippen molar-refractivity contribution < 1.29 is 4.57 Å². The molecule has 282 valence electrons. The predicted molar refractivity (Wildman–Crippen MR) is 251 cm³/mol. The van der Waals surface area contributed by atoms with E-state index in [1.807, 2.05) is 109 Å². The number of benzene rings is 9. The summed E-state index contributed by atoms with van der Waals surface area (Å²) in [6.45, 7) is 0. The van der Waals surface area contributed by atoms with E-state index in [1.54, 1.807) is 0 Å². The molecule has 1 heterocycles. The number of aromatic nitrogens is 2. The Hall–Kier alpha value is -7.45. The van der Waals surface area contributed by atoms with Gasteiger partial charge < -0.3 is 4.57 Å². The zero-order valence-corrected chi connectivity index (χ0v) is 33.5. The van der Waals surface area contributed by atoms with Gasteiger partial charge in [-0.25, -0.2) is 9.97 Å². The molecule has 0 saturated heterocycles. The Morgan fingerprint density at radius 2 is 0.667 bits per heavy atom. The van der Waals surface area contributed by atoms with Crippen LogP contribution in [0.1, 0.15) is 0 Å². The smallest absolute Gasteiger partial charge is 0.171 e. The highest BCUT2D eigenvalue weighted by Crippen LogP contribution is 2.50. The lowest BCUT2D eigenvalue weighted by Gasteiger charge is -2.21. The third-order valence-electron chi connectivity index (χ3n) is 11.7. The van der Waals surface area contributed by atoms with E-state index in [4.69, 9.17) is 9.97 Å². The second kappa shape index (κ2) is 14.7. The Balaban J connectivity index is 1.15. The highest BCUT2D eigenvalue weighted by atomic mass is 31.2. The SMILES string of the molecule is O=P(c1ccccc1)(c1ccccc1)c1cccc(-c2nc(-c3ccccc3)c(-c3ccccc3)nc2-c2cccc(-c3ccc4c5c(cccc35)-c3ccccc3-4)c2)c1. The summed E-state index contributed by atoms with van der Waals surface area (Å²) in [5.74, 6) is 0. The van der Waals surface area contributed by atoms with Gasteiger partial charge in [0, 0.05) is 38.2 Å². The first kappa shape index (κ1) is 35.7. The van der Waals surface area contributed by atoms with E-state index >= 15 is 4.57 Å². The molecule has 0 fully saturated rings. The Kier molecular flexibility index (Phi) is 8.77. The van der Waals surface area contributed by atoms with Crippen LogP contribution in [0.15, 0.2) is 224 Å². The van der Waals surface area contributed by atoms with Gasteiger partial charge in [0.2, 0.25) is 0 Å². The highest BCUT2D eigenvalue weighted by Gasteiger charge is 2.31. The van der Waals surface area contributed by atoms with Gasteiger partial charge in [-0.15, -0.1) is 0 Å². The second-order valence-electron chi connectivity index (χ2n) is 15.2. The van der Waals surface area contributed by atoms with Gasteiger partial charge in [-0.3, -0.25) is 0 Å². The molecule has 1 aliphatic carbocycles. The van der Waals surface area contributed by atoms with Crippen LogP contribution in [0, 0.1) is 0 Å². The van der Waals surface area contributed by atoms with Crippen molar-refractivity contribution >= 4 is 33.8 Å². The minimum absolute atomic E-state index is 0.719. The summed E-state index contributed by atoms with van der Waals surface area (Å²) in [4.78, 5) is 11.2. The molecule has 0 atom stereocenters. The number of fused-ring (bicyclic) bond motifs is 3. The van der Waals surface area contributed by atoms with E-state index in [0.717, 1.165) is 72.1 Å². The lowest BCUT2D eigenvalue weighted by molar-refractivity contribution is 0.592. The standard InChI is InChI=1S/C56H37N2OP/c59-60(43-25-9-3-10-26-43,44-27-11-4-12-28-44)45-29-16-24-42(37-45)56-55(57-53(38-18-5-1-6-19-38)54(58-56)39-20-7-2-8-21-39)41-23-15-22-40(36-41)46-34-35-51-48-31-14-13-30-47(48)50-33-17-32-49(46)52(50)51/h1-37H. The van der Waals surface area contributed by atoms with Crippen molar-refractivity contribution in [3.8, 4) is 78.4 Å². The van der Waals surface area contributed by atoms with Crippen LogP contribution in [0.4, 0.5) is 0 Å². The first-order valence-corrected chi connectivity index (χ1v) is 22.0. The third-order valence-corrected chi connectivity index (χ3v) is 14.8. The molecule has 1 aromatic heterocycles. The van der Waals surface area contributed by atoms with Crippen molar-refractivity contribution in [3.63, 3.8) is 0 Å². The molecule has 0 saturated carbocycles. The van der Waals surface area contributed by atoms with Gasteiger partial charge in [0.15, 0.2) is 7.14 Å². The number of nitrogens with zero attached hydrogens (tertiary/aromatic N) is 2. The van der Waals surface area contributed by atoms with Gasteiger partial charge in [-0.1, -0.05) is 212 Å². The van der Waals surface area contributed by atoms with E-state index < -0.39 is 7.14 Å². The fourth-order valence-electron chi connectivity index (χ4n) is 8.90. The zero-order valence-electron chi connectivity index (χ0n) is 32.6. The van der Waals surface area contributed by atoms with Crippen LogP contribution >= 0.6 is 7.14 Å². The lowest BCUT2D eigenvalue weighted by atomic mass is 9.92. The summed E-state index contributed by atoms with van der Waals surface area (Å²) < 4.78 is 15.7. The molecular formula is C56H37N2OP. The summed E-state index contributed by atoms with van der Waals surface area (Å²) in [5, 5.41) is 4.81. The highest BCUT2D eigenvalue weighted by molar-refractivity contribution is 7.85. The Morgan fingerprint density at radius 1 is 0.283 bits per heavy atom.